The number of hydrogen-bond acceptors (Lipinski definition) is 5. The first-order chi connectivity index (χ1) is 12.1. The predicted molar refractivity (Wildman–Crippen MR) is 101 cm³/mol. The lowest BCUT2D eigenvalue weighted by atomic mass is 10.2. The summed E-state index contributed by atoms with van der Waals surface area (Å²) in [5.74, 6) is 1.80. The van der Waals surface area contributed by atoms with Gasteiger partial charge < -0.3 is 25.0 Å². The molecule has 0 radical (unpaired) electrons. The Hall–Kier alpha value is -1.86. The zero-order valence-corrected chi connectivity index (χ0v) is 15.8. The van der Waals surface area contributed by atoms with Crippen LogP contribution in [0, 0.1) is 0 Å². The first-order valence-electron chi connectivity index (χ1n) is 8.91. The average Bonchev–Trinajstić information content (AvgIpc) is 2.61. The van der Waals surface area contributed by atoms with Crippen LogP contribution in [-0.2, 0) is 16.0 Å². The van der Waals surface area contributed by atoms with Crippen LogP contribution in [0.5, 0.6) is 0 Å². The molecule has 1 saturated heterocycles. The lowest BCUT2D eigenvalue weighted by Crippen LogP contribution is -2.45. The molecule has 25 heavy (non-hydrogen) atoms. The van der Waals surface area contributed by atoms with Crippen LogP contribution in [0.4, 0.5) is 5.82 Å². The fraction of sp³-hybridized carbons (Fsp3) is 0.667. The maximum Gasteiger partial charge on any atom is 0.191 e. The van der Waals surface area contributed by atoms with Crippen molar-refractivity contribution in [2.45, 2.75) is 39.0 Å². The van der Waals surface area contributed by atoms with E-state index < -0.39 is 0 Å². The van der Waals surface area contributed by atoms with Crippen molar-refractivity contribution in [1.29, 1.82) is 0 Å². The van der Waals surface area contributed by atoms with Gasteiger partial charge in [-0.15, -0.1) is 0 Å². The molecule has 0 bridgehead atoms. The molecule has 1 aromatic heterocycles. The molecule has 1 fully saturated rings. The molecule has 2 N–H and O–H groups in total. The van der Waals surface area contributed by atoms with Crippen molar-refractivity contribution in [3.63, 3.8) is 0 Å². The van der Waals surface area contributed by atoms with Crippen LogP contribution in [0.2, 0.25) is 0 Å². The van der Waals surface area contributed by atoms with Gasteiger partial charge in [-0.1, -0.05) is 6.07 Å². The van der Waals surface area contributed by atoms with E-state index in [1.807, 2.05) is 6.20 Å². The standard InChI is InChI=1S/C18H31N5O2/c1-14-12-23(13-15(2)25-14)17-7-6-16(10-21-17)11-22-18(19-3)20-8-5-9-24-4/h6-7,10,14-15H,5,8-9,11-13H2,1-4H3,(H2,19,20,22). The van der Waals surface area contributed by atoms with Crippen LogP contribution in [0.3, 0.4) is 0 Å². The SMILES string of the molecule is CN=C(NCCCOC)NCc1ccc(N2CC(C)OC(C)C2)nc1. The molecule has 7 heteroatoms. The Kier molecular flexibility index (Phi) is 7.94. The first-order valence-corrected chi connectivity index (χ1v) is 8.91. The summed E-state index contributed by atoms with van der Waals surface area (Å²) in [4.78, 5) is 11.1. The van der Waals surface area contributed by atoms with Gasteiger partial charge in [-0.2, -0.15) is 0 Å². The number of nitrogens with one attached hydrogen (secondary N) is 2. The zero-order valence-electron chi connectivity index (χ0n) is 15.8. The quantitative estimate of drug-likeness (QED) is 0.440. The monoisotopic (exact) mass is 349 g/mol. The number of anilines is 1. The lowest BCUT2D eigenvalue weighted by Gasteiger charge is -2.36. The Morgan fingerprint density at radius 1 is 1.32 bits per heavy atom. The van der Waals surface area contributed by atoms with Gasteiger partial charge in [-0.25, -0.2) is 4.98 Å². The van der Waals surface area contributed by atoms with Crippen LogP contribution in [-0.4, -0.2) is 63.6 Å². The van der Waals surface area contributed by atoms with Crippen molar-refractivity contribution in [3.05, 3.63) is 23.9 Å². The molecule has 0 aromatic carbocycles. The second-order valence-electron chi connectivity index (χ2n) is 6.39. The summed E-state index contributed by atoms with van der Waals surface area (Å²) in [6, 6.07) is 4.19. The van der Waals surface area contributed by atoms with E-state index in [0.29, 0.717) is 6.54 Å². The van der Waals surface area contributed by atoms with E-state index in [1.165, 1.54) is 0 Å². The van der Waals surface area contributed by atoms with Gasteiger partial charge in [-0.05, 0) is 31.9 Å². The molecule has 0 amide bonds. The third kappa shape index (κ3) is 6.51. The van der Waals surface area contributed by atoms with Crippen LogP contribution in [0.15, 0.2) is 23.3 Å². The van der Waals surface area contributed by atoms with Crippen molar-refractivity contribution in [1.82, 2.24) is 15.6 Å². The normalized spacial score (nSPS) is 21.3. The summed E-state index contributed by atoms with van der Waals surface area (Å²) in [5, 5.41) is 6.56. The van der Waals surface area contributed by atoms with Gasteiger partial charge in [0, 0.05) is 53.1 Å². The second kappa shape index (κ2) is 10.2. The average molecular weight is 349 g/mol. The van der Waals surface area contributed by atoms with Crippen LogP contribution in [0.1, 0.15) is 25.8 Å². The van der Waals surface area contributed by atoms with E-state index in [-0.39, 0.29) is 12.2 Å². The summed E-state index contributed by atoms with van der Waals surface area (Å²) in [5.41, 5.74) is 1.12. The summed E-state index contributed by atoms with van der Waals surface area (Å²) in [7, 11) is 3.48. The smallest absolute Gasteiger partial charge is 0.191 e. The van der Waals surface area contributed by atoms with Crippen molar-refractivity contribution in [2.75, 3.05) is 45.3 Å². The number of aliphatic imine (C=N–C) groups is 1. The number of methoxy groups -OCH3 is 1. The lowest BCUT2D eigenvalue weighted by molar-refractivity contribution is -0.00545. The number of pyridine rings is 1. The highest BCUT2D eigenvalue weighted by Gasteiger charge is 2.22. The molecule has 2 rings (SSSR count). The molecule has 0 aliphatic carbocycles. The number of nitrogens with zero attached hydrogens (tertiary/aromatic N) is 3. The summed E-state index contributed by atoms with van der Waals surface area (Å²) < 4.78 is 10.8. The highest BCUT2D eigenvalue weighted by atomic mass is 16.5. The molecule has 0 spiro atoms. The minimum Gasteiger partial charge on any atom is -0.385 e. The highest BCUT2D eigenvalue weighted by molar-refractivity contribution is 5.79. The third-order valence-electron chi connectivity index (χ3n) is 4.05. The largest absolute Gasteiger partial charge is 0.385 e. The van der Waals surface area contributed by atoms with Crippen LogP contribution < -0.4 is 15.5 Å². The summed E-state index contributed by atoms with van der Waals surface area (Å²) in [6.45, 7) is 8.23. The molecule has 0 saturated carbocycles. The Morgan fingerprint density at radius 2 is 2.08 bits per heavy atom. The molecular weight excluding hydrogens is 318 g/mol. The minimum absolute atomic E-state index is 0.236. The minimum atomic E-state index is 0.236. The Labute approximate surface area is 150 Å². The topological polar surface area (TPSA) is 71.0 Å². The molecule has 1 aliphatic rings. The van der Waals surface area contributed by atoms with Gasteiger partial charge in [0.25, 0.3) is 0 Å². The van der Waals surface area contributed by atoms with E-state index >= 15 is 0 Å². The van der Waals surface area contributed by atoms with E-state index in [1.54, 1.807) is 14.2 Å². The number of ether oxygens (including phenoxy) is 2. The number of morpholine rings is 1. The van der Waals surface area contributed by atoms with E-state index in [9.17, 15) is 0 Å². The van der Waals surface area contributed by atoms with Crippen molar-refractivity contribution >= 4 is 11.8 Å². The number of rotatable bonds is 7. The maximum absolute atomic E-state index is 5.78. The molecular formula is C18H31N5O2. The molecule has 2 heterocycles. The van der Waals surface area contributed by atoms with Gasteiger partial charge in [0.15, 0.2) is 5.96 Å². The Balaban J connectivity index is 1.81. The molecule has 1 aliphatic heterocycles. The Bertz CT molecular complexity index is 525. The fourth-order valence-corrected chi connectivity index (χ4v) is 2.90. The van der Waals surface area contributed by atoms with E-state index in [4.69, 9.17) is 9.47 Å². The second-order valence-corrected chi connectivity index (χ2v) is 6.39. The van der Waals surface area contributed by atoms with Gasteiger partial charge >= 0.3 is 0 Å². The summed E-state index contributed by atoms with van der Waals surface area (Å²) in [6.07, 6.45) is 3.34. The van der Waals surface area contributed by atoms with Gasteiger partial charge in [0.2, 0.25) is 0 Å². The molecule has 2 atom stereocenters. The van der Waals surface area contributed by atoms with Gasteiger partial charge in [0.1, 0.15) is 5.82 Å². The molecule has 7 nitrogen and oxygen atoms in total. The number of hydrogen-bond donors (Lipinski definition) is 2. The number of aromatic nitrogens is 1. The molecule has 140 valence electrons. The zero-order chi connectivity index (χ0) is 18.1. The van der Waals surface area contributed by atoms with E-state index in [2.05, 4.69) is 51.5 Å². The first kappa shape index (κ1) is 19.5. The fourth-order valence-electron chi connectivity index (χ4n) is 2.90. The Morgan fingerprint density at radius 3 is 2.68 bits per heavy atom. The van der Waals surface area contributed by atoms with E-state index in [0.717, 1.165) is 50.0 Å². The van der Waals surface area contributed by atoms with Crippen molar-refractivity contribution < 1.29 is 9.47 Å². The molecule has 1 aromatic rings. The number of guanidine groups is 1. The highest BCUT2D eigenvalue weighted by Crippen LogP contribution is 2.18. The molecule has 2 unspecified atom stereocenters. The third-order valence-corrected chi connectivity index (χ3v) is 4.05. The van der Waals surface area contributed by atoms with Crippen molar-refractivity contribution in [2.24, 2.45) is 4.99 Å². The predicted octanol–water partition coefficient (Wildman–Crippen LogP) is 1.40. The van der Waals surface area contributed by atoms with Crippen molar-refractivity contribution in [3.8, 4) is 0 Å². The van der Waals surface area contributed by atoms with Gasteiger partial charge in [-0.3, -0.25) is 4.99 Å². The van der Waals surface area contributed by atoms with Gasteiger partial charge in [0.05, 0.1) is 12.2 Å². The maximum atomic E-state index is 5.78. The van der Waals surface area contributed by atoms with Crippen LogP contribution in [0.25, 0.3) is 0 Å². The van der Waals surface area contributed by atoms with Crippen LogP contribution >= 0.6 is 0 Å². The summed E-state index contributed by atoms with van der Waals surface area (Å²) >= 11 is 0.